The Morgan fingerprint density at radius 2 is 1.89 bits per heavy atom. The largest absolute Gasteiger partial charge is 0.352 e. The third-order valence-corrected chi connectivity index (χ3v) is 3.25. The van der Waals surface area contributed by atoms with Gasteiger partial charge in [0.25, 0.3) is 5.91 Å². The number of carbonyl (C=O) groups excluding carboxylic acids is 1. The average Bonchev–Trinajstić information content (AvgIpc) is 2.41. The summed E-state index contributed by atoms with van der Waals surface area (Å²) in [7, 11) is 0. The van der Waals surface area contributed by atoms with Gasteiger partial charge >= 0.3 is 0 Å². The highest BCUT2D eigenvalue weighted by Crippen LogP contribution is 2.10. The molecule has 0 aliphatic heterocycles. The summed E-state index contributed by atoms with van der Waals surface area (Å²) in [5, 5.41) is 3.60. The Kier molecular flexibility index (Phi) is 4.88. The number of amides is 1. The van der Waals surface area contributed by atoms with Gasteiger partial charge in [-0.25, -0.2) is 0 Å². The molecule has 0 unspecified atom stereocenters. The maximum atomic E-state index is 11.9. The van der Waals surface area contributed by atoms with Crippen molar-refractivity contribution in [3.8, 4) is 0 Å². The van der Waals surface area contributed by atoms with E-state index in [9.17, 15) is 4.79 Å². The van der Waals surface area contributed by atoms with E-state index in [-0.39, 0.29) is 5.91 Å². The molecule has 2 aromatic rings. The number of thiol groups is 1. The van der Waals surface area contributed by atoms with Crippen molar-refractivity contribution in [2.75, 3.05) is 6.54 Å². The number of rotatable bonds is 4. The molecule has 0 aromatic heterocycles. The second-order valence-electron chi connectivity index (χ2n) is 4.18. The minimum Gasteiger partial charge on any atom is -0.352 e. The van der Waals surface area contributed by atoms with Crippen molar-refractivity contribution in [3.63, 3.8) is 0 Å². The first-order chi connectivity index (χ1) is 9.15. The lowest BCUT2D eigenvalue weighted by molar-refractivity contribution is 0.0954. The molecule has 2 rings (SSSR count). The number of carbonyl (C=O) groups is 1. The molecule has 1 N–H and O–H groups in total. The van der Waals surface area contributed by atoms with E-state index in [1.807, 2.05) is 36.4 Å². The van der Waals surface area contributed by atoms with E-state index in [0.29, 0.717) is 12.1 Å². The Balaban J connectivity index is 1.86. The molecule has 2 nitrogen and oxygen atoms in total. The van der Waals surface area contributed by atoms with Gasteiger partial charge in [0.2, 0.25) is 0 Å². The minimum atomic E-state index is -0.0788. The van der Waals surface area contributed by atoms with Crippen LogP contribution in [0, 0.1) is 0 Å². The maximum Gasteiger partial charge on any atom is 0.251 e. The molecule has 4 heteroatoms. The molecular weight excluding hydrogens is 278 g/mol. The standard InChI is InChI=1S/C15H14ClNOS/c16-13-6-4-11(5-7-13)8-9-17-15(18)12-2-1-3-14(19)10-12/h1-7,10,19H,8-9H2,(H,17,18). The van der Waals surface area contributed by atoms with Gasteiger partial charge in [0.1, 0.15) is 0 Å². The van der Waals surface area contributed by atoms with Crippen LogP contribution in [0.2, 0.25) is 5.02 Å². The molecule has 0 heterocycles. The molecule has 0 saturated heterocycles. The van der Waals surface area contributed by atoms with Gasteiger partial charge in [-0.3, -0.25) is 4.79 Å². The fraction of sp³-hybridized carbons (Fsp3) is 0.133. The van der Waals surface area contributed by atoms with Crippen LogP contribution >= 0.6 is 24.2 Å². The van der Waals surface area contributed by atoms with Crippen molar-refractivity contribution in [1.29, 1.82) is 0 Å². The van der Waals surface area contributed by atoms with Crippen LogP contribution < -0.4 is 5.32 Å². The van der Waals surface area contributed by atoms with Crippen LogP contribution in [-0.2, 0) is 6.42 Å². The molecule has 1 amide bonds. The van der Waals surface area contributed by atoms with Crippen molar-refractivity contribution < 1.29 is 4.79 Å². The third kappa shape index (κ3) is 4.30. The Bertz CT molecular complexity index is 569. The zero-order chi connectivity index (χ0) is 13.7. The minimum absolute atomic E-state index is 0.0788. The van der Waals surface area contributed by atoms with Gasteiger partial charge in [-0.1, -0.05) is 29.8 Å². The van der Waals surface area contributed by atoms with Crippen LogP contribution in [0.4, 0.5) is 0 Å². The predicted molar refractivity (Wildman–Crippen MR) is 81.2 cm³/mol. The first kappa shape index (κ1) is 14.0. The molecule has 0 spiro atoms. The Morgan fingerprint density at radius 1 is 1.16 bits per heavy atom. The quantitative estimate of drug-likeness (QED) is 0.828. The smallest absolute Gasteiger partial charge is 0.251 e. The van der Waals surface area contributed by atoms with E-state index in [0.717, 1.165) is 21.9 Å². The molecule has 0 fully saturated rings. The zero-order valence-corrected chi connectivity index (χ0v) is 11.9. The van der Waals surface area contributed by atoms with Crippen molar-refractivity contribution in [2.45, 2.75) is 11.3 Å². The van der Waals surface area contributed by atoms with E-state index >= 15 is 0 Å². The maximum absolute atomic E-state index is 11.9. The van der Waals surface area contributed by atoms with Gasteiger partial charge < -0.3 is 5.32 Å². The Hall–Kier alpha value is -1.45. The van der Waals surface area contributed by atoms with Crippen LogP contribution in [0.15, 0.2) is 53.4 Å². The fourth-order valence-corrected chi connectivity index (χ4v) is 2.07. The second-order valence-corrected chi connectivity index (χ2v) is 5.14. The highest BCUT2D eigenvalue weighted by molar-refractivity contribution is 7.80. The van der Waals surface area contributed by atoms with Gasteiger partial charge in [-0.15, -0.1) is 12.6 Å². The van der Waals surface area contributed by atoms with E-state index in [1.54, 1.807) is 12.1 Å². The van der Waals surface area contributed by atoms with Crippen LogP contribution in [-0.4, -0.2) is 12.5 Å². The van der Waals surface area contributed by atoms with Crippen molar-refractivity contribution in [3.05, 3.63) is 64.7 Å². The highest BCUT2D eigenvalue weighted by atomic mass is 35.5. The summed E-state index contributed by atoms with van der Waals surface area (Å²) in [5.41, 5.74) is 1.77. The highest BCUT2D eigenvalue weighted by Gasteiger charge is 2.04. The third-order valence-electron chi connectivity index (χ3n) is 2.72. The van der Waals surface area contributed by atoms with Crippen molar-refractivity contribution >= 4 is 30.1 Å². The van der Waals surface area contributed by atoms with Gasteiger partial charge in [-0.05, 0) is 42.3 Å². The van der Waals surface area contributed by atoms with Crippen LogP contribution in [0.1, 0.15) is 15.9 Å². The molecule has 98 valence electrons. The number of halogens is 1. The molecule has 0 atom stereocenters. The summed E-state index contributed by atoms with van der Waals surface area (Å²) in [6, 6.07) is 14.8. The number of hydrogen-bond donors (Lipinski definition) is 2. The van der Waals surface area contributed by atoms with E-state index in [1.165, 1.54) is 0 Å². The summed E-state index contributed by atoms with van der Waals surface area (Å²) in [6.45, 7) is 0.595. The second kappa shape index (κ2) is 6.64. The monoisotopic (exact) mass is 291 g/mol. The number of hydrogen-bond acceptors (Lipinski definition) is 2. The van der Waals surface area contributed by atoms with Crippen LogP contribution in [0.3, 0.4) is 0 Å². The summed E-state index contributed by atoms with van der Waals surface area (Å²) in [5.74, 6) is -0.0788. The molecule has 2 aromatic carbocycles. The molecule has 0 saturated carbocycles. The molecule has 19 heavy (non-hydrogen) atoms. The molecule has 0 aliphatic rings. The zero-order valence-electron chi connectivity index (χ0n) is 10.3. The van der Waals surface area contributed by atoms with E-state index in [4.69, 9.17) is 11.6 Å². The first-order valence-electron chi connectivity index (χ1n) is 5.97. The molecule has 0 aliphatic carbocycles. The lowest BCUT2D eigenvalue weighted by Crippen LogP contribution is -2.25. The Labute approximate surface area is 123 Å². The normalized spacial score (nSPS) is 10.2. The van der Waals surface area contributed by atoms with Crippen LogP contribution in [0.5, 0.6) is 0 Å². The predicted octanol–water partition coefficient (Wildman–Crippen LogP) is 3.60. The van der Waals surface area contributed by atoms with Crippen LogP contribution in [0.25, 0.3) is 0 Å². The topological polar surface area (TPSA) is 29.1 Å². The van der Waals surface area contributed by atoms with Crippen molar-refractivity contribution in [2.24, 2.45) is 0 Å². The number of nitrogens with one attached hydrogen (secondary N) is 1. The lowest BCUT2D eigenvalue weighted by Gasteiger charge is -2.06. The summed E-state index contributed by atoms with van der Waals surface area (Å²) < 4.78 is 0. The van der Waals surface area contributed by atoms with Crippen molar-refractivity contribution in [1.82, 2.24) is 5.32 Å². The number of benzene rings is 2. The van der Waals surface area contributed by atoms with E-state index < -0.39 is 0 Å². The summed E-state index contributed by atoms with van der Waals surface area (Å²) in [6.07, 6.45) is 0.781. The summed E-state index contributed by atoms with van der Waals surface area (Å²) in [4.78, 5) is 12.7. The first-order valence-corrected chi connectivity index (χ1v) is 6.79. The van der Waals surface area contributed by atoms with Gasteiger partial charge in [0.15, 0.2) is 0 Å². The Morgan fingerprint density at radius 3 is 2.58 bits per heavy atom. The van der Waals surface area contributed by atoms with E-state index in [2.05, 4.69) is 17.9 Å². The molecule has 0 bridgehead atoms. The van der Waals surface area contributed by atoms with Gasteiger partial charge in [0.05, 0.1) is 0 Å². The lowest BCUT2D eigenvalue weighted by atomic mass is 10.1. The average molecular weight is 292 g/mol. The fourth-order valence-electron chi connectivity index (χ4n) is 1.72. The van der Waals surface area contributed by atoms with Gasteiger partial charge in [0, 0.05) is 22.0 Å². The van der Waals surface area contributed by atoms with Gasteiger partial charge in [-0.2, -0.15) is 0 Å². The molecule has 0 radical (unpaired) electrons. The SMILES string of the molecule is O=C(NCCc1ccc(Cl)cc1)c1cccc(S)c1. The molecular formula is C15H14ClNOS. The summed E-state index contributed by atoms with van der Waals surface area (Å²) >= 11 is 10.0.